The molecule has 1 fully saturated rings. The van der Waals surface area contributed by atoms with Crippen LogP contribution in [-0.4, -0.2) is 48.7 Å². The highest BCUT2D eigenvalue weighted by Crippen LogP contribution is 2.34. The molecule has 5 N–H and O–H groups in total. The maximum absolute atomic E-state index is 12.7. The summed E-state index contributed by atoms with van der Waals surface area (Å²) in [6, 6.07) is 11.3. The van der Waals surface area contributed by atoms with Gasteiger partial charge >= 0.3 is 0 Å². The summed E-state index contributed by atoms with van der Waals surface area (Å²) in [6.45, 7) is 3.22. The summed E-state index contributed by atoms with van der Waals surface area (Å²) in [5, 5.41) is 18.5. The van der Waals surface area contributed by atoms with Crippen molar-refractivity contribution in [2.75, 3.05) is 6.54 Å². The fourth-order valence-corrected chi connectivity index (χ4v) is 4.98. The number of phenolic OH excluding ortho intramolecular Hbond substituents is 1. The van der Waals surface area contributed by atoms with Crippen LogP contribution >= 0.6 is 0 Å². The molecule has 0 unspecified atom stereocenters. The van der Waals surface area contributed by atoms with Crippen molar-refractivity contribution < 1.29 is 9.90 Å². The average Bonchev–Trinajstić information content (AvgIpc) is 3.48. The molecule has 2 aromatic carbocycles. The number of fused-ring (bicyclic) bond motifs is 2. The Morgan fingerprint density at radius 1 is 1.26 bits per heavy atom. The van der Waals surface area contributed by atoms with Crippen molar-refractivity contribution in [1.29, 1.82) is 0 Å². The van der Waals surface area contributed by atoms with E-state index in [1.807, 2.05) is 17.0 Å². The van der Waals surface area contributed by atoms with Crippen LogP contribution in [-0.2, 0) is 24.2 Å². The van der Waals surface area contributed by atoms with Crippen molar-refractivity contribution in [1.82, 2.24) is 25.1 Å². The second-order valence-electron chi connectivity index (χ2n) is 9.41. The topological polar surface area (TPSA) is 124 Å². The number of imidazole rings is 1. The van der Waals surface area contributed by atoms with Crippen molar-refractivity contribution in [3.05, 3.63) is 53.3 Å². The largest absolute Gasteiger partial charge is 0.508 e. The van der Waals surface area contributed by atoms with Gasteiger partial charge in [0, 0.05) is 24.0 Å². The van der Waals surface area contributed by atoms with E-state index in [0.29, 0.717) is 24.8 Å². The van der Waals surface area contributed by atoms with E-state index in [4.69, 9.17) is 10.7 Å². The van der Waals surface area contributed by atoms with Crippen LogP contribution in [0.4, 0.5) is 0 Å². The van der Waals surface area contributed by atoms with Crippen LogP contribution < -0.4 is 5.73 Å². The van der Waals surface area contributed by atoms with Gasteiger partial charge in [-0.15, -0.1) is 0 Å². The van der Waals surface area contributed by atoms with E-state index in [-0.39, 0.29) is 17.7 Å². The Morgan fingerprint density at radius 3 is 2.91 bits per heavy atom. The first-order valence-corrected chi connectivity index (χ1v) is 11.9. The smallest absolute Gasteiger partial charge is 0.240 e. The highest BCUT2D eigenvalue weighted by Gasteiger charge is 2.37. The molecule has 2 aliphatic rings. The molecule has 1 atom stereocenters. The van der Waals surface area contributed by atoms with Gasteiger partial charge in [-0.3, -0.25) is 9.89 Å². The summed E-state index contributed by atoms with van der Waals surface area (Å²) in [5.74, 6) is 1.38. The maximum atomic E-state index is 12.7. The normalized spacial score (nSPS) is 16.6. The van der Waals surface area contributed by atoms with Crippen LogP contribution in [0.3, 0.4) is 0 Å². The Hall–Kier alpha value is -3.65. The number of carbonyl (C=O) groups excluding carboxylic acids is 1. The maximum Gasteiger partial charge on any atom is 0.240 e. The second-order valence-corrected chi connectivity index (χ2v) is 9.41. The van der Waals surface area contributed by atoms with Gasteiger partial charge in [0.1, 0.15) is 11.4 Å². The quantitative estimate of drug-likeness (QED) is 0.366. The number of aromatic nitrogens is 4. The van der Waals surface area contributed by atoms with Crippen LogP contribution in [0.15, 0.2) is 36.4 Å². The zero-order chi connectivity index (χ0) is 23.4. The summed E-state index contributed by atoms with van der Waals surface area (Å²) in [7, 11) is 0. The van der Waals surface area contributed by atoms with E-state index < -0.39 is 0 Å². The SMILES string of the molecule is CCc1cc(O)ccc1-c1ccc2c(-c3nc4c([nH]3)CCN(C(=O)[C@@H](N)C3CC3)C4)n[nH]c2c1. The summed E-state index contributed by atoms with van der Waals surface area (Å²) in [6.07, 6.45) is 3.68. The number of hydrogen-bond acceptors (Lipinski definition) is 5. The Balaban J connectivity index is 1.29. The van der Waals surface area contributed by atoms with Gasteiger partial charge < -0.3 is 20.7 Å². The van der Waals surface area contributed by atoms with Crippen LogP contribution in [0.5, 0.6) is 5.75 Å². The predicted octanol–water partition coefficient (Wildman–Crippen LogP) is 3.51. The number of phenols is 1. The number of aryl methyl sites for hydroxylation is 1. The molecule has 8 heteroatoms. The molecular formula is C26H28N6O2. The average molecular weight is 457 g/mol. The van der Waals surface area contributed by atoms with Crippen LogP contribution in [0.25, 0.3) is 33.5 Å². The van der Waals surface area contributed by atoms with Gasteiger partial charge in [-0.2, -0.15) is 5.10 Å². The fraction of sp³-hybridized carbons (Fsp3) is 0.346. The lowest BCUT2D eigenvalue weighted by atomic mass is 9.97. The molecule has 1 aliphatic carbocycles. The zero-order valence-electron chi connectivity index (χ0n) is 19.1. The minimum Gasteiger partial charge on any atom is -0.508 e. The molecule has 1 aliphatic heterocycles. The van der Waals surface area contributed by atoms with Crippen molar-refractivity contribution in [3.8, 4) is 28.4 Å². The van der Waals surface area contributed by atoms with Crippen LogP contribution in [0.2, 0.25) is 0 Å². The lowest BCUT2D eigenvalue weighted by molar-refractivity contribution is -0.134. The third-order valence-electron chi connectivity index (χ3n) is 7.13. The number of benzene rings is 2. The number of nitrogens with zero attached hydrogens (tertiary/aromatic N) is 3. The van der Waals surface area contributed by atoms with E-state index >= 15 is 0 Å². The number of hydrogen-bond donors (Lipinski definition) is 4. The van der Waals surface area contributed by atoms with Gasteiger partial charge in [-0.1, -0.05) is 19.1 Å². The molecule has 34 heavy (non-hydrogen) atoms. The van der Waals surface area contributed by atoms with Gasteiger partial charge in [-0.25, -0.2) is 4.98 Å². The molecule has 3 heterocycles. The number of aromatic hydroxyl groups is 1. The Labute approximate surface area is 197 Å². The van der Waals surface area contributed by atoms with Crippen molar-refractivity contribution in [2.45, 2.75) is 45.2 Å². The van der Waals surface area contributed by atoms with E-state index in [1.165, 1.54) is 0 Å². The molecule has 4 aromatic rings. The molecular weight excluding hydrogens is 428 g/mol. The highest BCUT2D eigenvalue weighted by molar-refractivity contribution is 5.94. The third-order valence-corrected chi connectivity index (χ3v) is 7.13. The van der Waals surface area contributed by atoms with Gasteiger partial charge in [0.25, 0.3) is 0 Å². The van der Waals surface area contributed by atoms with E-state index in [2.05, 4.69) is 40.3 Å². The highest BCUT2D eigenvalue weighted by atomic mass is 16.3. The van der Waals surface area contributed by atoms with Crippen molar-refractivity contribution in [2.24, 2.45) is 11.7 Å². The van der Waals surface area contributed by atoms with Gasteiger partial charge in [0.2, 0.25) is 5.91 Å². The summed E-state index contributed by atoms with van der Waals surface area (Å²) in [5.41, 5.74) is 13.1. The third kappa shape index (κ3) is 3.54. The van der Waals surface area contributed by atoms with Crippen LogP contribution in [0.1, 0.15) is 36.7 Å². The molecule has 174 valence electrons. The van der Waals surface area contributed by atoms with Gasteiger partial charge in [-0.05, 0) is 66.1 Å². The monoisotopic (exact) mass is 456 g/mol. The molecule has 8 nitrogen and oxygen atoms in total. The minimum absolute atomic E-state index is 0.0381. The van der Waals surface area contributed by atoms with E-state index in [9.17, 15) is 9.90 Å². The molecule has 2 aromatic heterocycles. The Kier molecular flexibility index (Phi) is 4.91. The molecule has 0 bridgehead atoms. The fourth-order valence-electron chi connectivity index (χ4n) is 4.98. The number of nitrogens with one attached hydrogen (secondary N) is 2. The lowest BCUT2D eigenvalue weighted by Crippen LogP contribution is -2.46. The zero-order valence-corrected chi connectivity index (χ0v) is 19.1. The van der Waals surface area contributed by atoms with E-state index in [1.54, 1.807) is 6.07 Å². The first-order valence-electron chi connectivity index (χ1n) is 11.9. The number of amides is 1. The number of carbonyl (C=O) groups is 1. The number of rotatable bonds is 5. The van der Waals surface area contributed by atoms with Crippen LogP contribution in [0, 0.1) is 5.92 Å². The molecule has 0 saturated heterocycles. The lowest BCUT2D eigenvalue weighted by Gasteiger charge is -2.28. The molecule has 0 spiro atoms. The Bertz CT molecular complexity index is 1400. The van der Waals surface area contributed by atoms with Gasteiger partial charge in [0.15, 0.2) is 5.82 Å². The summed E-state index contributed by atoms with van der Waals surface area (Å²) >= 11 is 0. The standard InChI is InChI=1S/C26H28N6O2/c1-2-14-11-17(33)6-8-18(14)16-5-7-19-21(12-16)30-31-24(19)25-28-20-9-10-32(13-22(20)29-25)26(34)23(27)15-3-4-15/h5-8,11-12,15,23,33H,2-4,9-10,13,27H2,1H3,(H,28,29)(H,30,31)/t23-/m0/s1. The second kappa shape index (κ2) is 7.99. The number of aromatic amines is 2. The van der Waals surface area contributed by atoms with Gasteiger partial charge in [0.05, 0.1) is 23.8 Å². The van der Waals surface area contributed by atoms with Crippen molar-refractivity contribution >= 4 is 16.8 Å². The number of nitrogens with two attached hydrogens (primary N) is 1. The molecule has 1 saturated carbocycles. The molecule has 6 rings (SSSR count). The first kappa shape index (κ1) is 20.9. The minimum atomic E-state index is -0.383. The first-order chi connectivity index (χ1) is 16.5. The molecule has 0 radical (unpaired) electrons. The molecule has 1 amide bonds. The summed E-state index contributed by atoms with van der Waals surface area (Å²) < 4.78 is 0. The number of H-pyrrole nitrogens is 2. The van der Waals surface area contributed by atoms with Crippen molar-refractivity contribution in [3.63, 3.8) is 0 Å². The predicted molar refractivity (Wildman–Crippen MR) is 130 cm³/mol. The summed E-state index contributed by atoms with van der Waals surface area (Å²) in [4.78, 5) is 22.8. The van der Waals surface area contributed by atoms with E-state index in [0.717, 1.165) is 70.4 Å². The Morgan fingerprint density at radius 2 is 2.12 bits per heavy atom.